The van der Waals surface area contributed by atoms with Crippen LogP contribution < -0.4 is 0 Å². The van der Waals surface area contributed by atoms with Gasteiger partial charge in [0.05, 0.1) is 0 Å². The maximum atomic E-state index is 12.0. The zero-order chi connectivity index (χ0) is 14.2. The molecule has 0 spiro atoms. The van der Waals surface area contributed by atoms with Crippen LogP contribution in [-0.4, -0.2) is 12.1 Å². The second-order valence-electron chi connectivity index (χ2n) is 5.58. The Kier molecular flexibility index (Phi) is 5.85. The predicted octanol–water partition coefficient (Wildman–Crippen LogP) is 4.44. The van der Waals surface area contributed by atoms with E-state index in [-0.39, 0.29) is 12.1 Å². The van der Waals surface area contributed by atoms with Crippen LogP contribution in [0.25, 0.3) is 0 Å². The van der Waals surface area contributed by atoms with E-state index in [1.165, 1.54) is 24.8 Å². The summed E-state index contributed by atoms with van der Waals surface area (Å²) in [6.45, 7) is 1.86. The Balaban J connectivity index is 1.76. The molecule has 0 radical (unpaired) electrons. The summed E-state index contributed by atoms with van der Waals surface area (Å²) in [6, 6.07) is 10.3. The number of carbonyl (C=O) groups excluding carboxylic acids is 1. The van der Waals surface area contributed by atoms with Crippen molar-refractivity contribution >= 4 is 5.97 Å². The fourth-order valence-electron chi connectivity index (χ4n) is 2.61. The first-order valence-electron chi connectivity index (χ1n) is 7.67. The van der Waals surface area contributed by atoms with E-state index < -0.39 is 0 Å². The van der Waals surface area contributed by atoms with Gasteiger partial charge in [-0.05, 0) is 51.0 Å². The highest BCUT2D eigenvalue weighted by Crippen LogP contribution is 2.21. The van der Waals surface area contributed by atoms with Crippen LogP contribution in [0.15, 0.2) is 42.0 Å². The lowest BCUT2D eigenvalue weighted by atomic mass is 9.98. The molecule has 2 nitrogen and oxygen atoms in total. The molecule has 0 N–H and O–H groups in total. The molecule has 0 aromatic heterocycles. The van der Waals surface area contributed by atoms with E-state index in [9.17, 15) is 4.79 Å². The van der Waals surface area contributed by atoms with Crippen molar-refractivity contribution in [3.63, 3.8) is 0 Å². The predicted molar refractivity (Wildman–Crippen MR) is 81.5 cm³/mol. The summed E-state index contributed by atoms with van der Waals surface area (Å²) in [4.78, 5) is 12.0. The van der Waals surface area contributed by atoms with Crippen LogP contribution in [0.2, 0.25) is 0 Å². The quantitative estimate of drug-likeness (QED) is 0.585. The average Bonchev–Trinajstić information content (AvgIpc) is 2.49. The molecule has 1 aromatic rings. The minimum Gasteiger partial charge on any atom is -0.459 e. The molecule has 0 amide bonds. The standard InChI is InChI=1S/C18H24O2/c1-15(9-8-12-16-10-4-2-5-11-16)18(19)20-17-13-6-3-7-14-17/h2,4-5,9-11,17H,3,6-8,12-14H2,1H3/b15-9+. The number of benzene rings is 1. The van der Waals surface area contributed by atoms with E-state index in [1.54, 1.807) is 0 Å². The normalized spacial score (nSPS) is 16.9. The van der Waals surface area contributed by atoms with Crippen LogP contribution in [0.5, 0.6) is 0 Å². The van der Waals surface area contributed by atoms with Crippen LogP contribution >= 0.6 is 0 Å². The zero-order valence-corrected chi connectivity index (χ0v) is 12.3. The van der Waals surface area contributed by atoms with Crippen molar-refractivity contribution in [2.75, 3.05) is 0 Å². The third-order valence-corrected chi connectivity index (χ3v) is 3.87. The van der Waals surface area contributed by atoms with Crippen LogP contribution in [0.3, 0.4) is 0 Å². The van der Waals surface area contributed by atoms with Crippen LogP contribution in [-0.2, 0) is 16.0 Å². The van der Waals surface area contributed by atoms with Gasteiger partial charge in [0.25, 0.3) is 0 Å². The highest BCUT2D eigenvalue weighted by Gasteiger charge is 2.18. The Bertz CT molecular complexity index is 442. The summed E-state index contributed by atoms with van der Waals surface area (Å²) in [5.41, 5.74) is 2.05. The zero-order valence-electron chi connectivity index (χ0n) is 12.3. The van der Waals surface area contributed by atoms with Gasteiger partial charge in [0, 0.05) is 5.57 Å². The summed E-state index contributed by atoms with van der Waals surface area (Å²) < 4.78 is 5.55. The number of ether oxygens (including phenoxy) is 1. The first kappa shape index (κ1) is 14.8. The van der Waals surface area contributed by atoms with Gasteiger partial charge in [0.2, 0.25) is 0 Å². The van der Waals surface area contributed by atoms with Crippen molar-refractivity contribution < 1.29 is 9.53 Å². The molecule has 108 valence electrons. The number of hydrogen-bond donors (Lipinski definition) is 0. The Morgan fingerprint density at radius 1 is 1.20 bits per heavy atom. The molecule has 2 rings (SSSR count). The molecular weight excluding hydrogens is 248 g/mol. The summed E-state index contributed by atoms with van der Waals surface area (Å²) in [5.74, 6) is -0.134. The van der Waals surface area contributed by atoms with E-state index in [4.69, 9.17) is 4.74 Å². The van der Waals surface area contributed by atoms with Crippen molar-refractivity contribution in [1.29, 1.82) is 0 Å². The van der Waals surface area contributed by atoms with Gasteiger partial charge in [-0.15, -0.1) is 0 Å². The molecule has 0 atom stereocenters. The Labute approximate surface area is 121 Å². The molecule has 0 aliphatic heterocycles. The highest BCUT2D eigenvalue weighted by atomic mass is 16.5. The fourth-order valence-corrected chi connectivity index (χ4v) is 2.61. The largest absolute Gasteiger partial charge is 0.459 e. The second-order valence-corrected chi connectivity index (χ2v) is 5.58. The Morgan fingerprint density at radius 2 is 1.90 bits per heavy atom. The van der Waals surface area contributed by atoms with Gasteiger partial charge in [-0.1, -0.05) is 42.8 Å². The van der Waals surface area contributed by atoms with E-state index >= 15 is 0 Å². The molecule has 0 saturated heterocycles. The number of aryl methyl sites for hydroxylation is 1. The lowest BCUT2D eigenvalue weighted by molar-refractivity contribution is -0.145. The topological polar surface area (TPSA) is 26.3 Å². The molecule has 20 heavy (non-hydrogen) atoms. The van der Waals surface area contributed by atoms with Crippen LogP contribution in [0, 0.1) is 0 Å². The highest BCUT2D eigenvalue weighted by molar-refractivity contribution is 5.87. The first-order chi connectivity index (χ1) is 9.75. The minimum atomic E-state index is -0.134. The number of carbonyl (C=O) groups is 1. The van der Waals surface area contributed by atoms with Gasteiger partial charge in [0.1, 0.15) is 6.10 Å². The van der Waals surface area contributed by atoms with Gasteiger partial charge in [-0.25, -0.2) is 4.79 Å². The van der Waals surface area contributed by atoms with Crippen molar-refractivity contribution in [2.45, 2.75) is 58.0 Å². The molecule has 1 aliphatic rings. The lowest BCUT2D eigenvalue weighted by Crippen LogP contribution is -2.21. The number of hydrogen-bond acceptors (Lipinski definition) is 2. The maximum absolute atomic E-state index is 12.0. The van der Waals surface area contributed by atoms with Crippen molar-refractivity contribution in [2.24, 2.45) is 0 Å². The van der Waals surface area contributed by atoms with Gasteiger partial charge in [0.15, 0.2) is 0 Å². The number of allylic oxidation sites excluding steroid dienone is 1. The Morgan fingerprint density at radius 3 is 2.60 bits per heavy atom. The fraction of sp³-hybridized carbons (Fsp3) is 0.500. The number of esters is 1. The monoisotopic (exact) mass is 272 g/mol. The van der Waals surface area contributed by atoms with E-state index in [0.717, 1.165) is 31.3 Å². The van der Waals surface area contributed by atoms with Gasteiger partial charge >= 0.3 is 5.97 Å². The molecule has 0 bridgehead atoms. The van der Waals surface area contributed by atoms with E-state index in [0.29, 0.717) is 0 Å². The van der Waals surface area contributed by atoms with Crippen molar-refractivity contribution in [3.8, 4) is 0 Å². The SMILES string of the molecule is C/C(=C\CCc1ccccc1)C(=O)OC1CCCCC1. The van der Waals surface area contributed by atoms with E-state index in [1.807, 2.05) is 31.2 Å². The maximum Gasteiger partial charge on any atom is 0.333 e. The van der Waals surface area contributed by atoms with Gasteiger partial charge in [-0.2, -0.15) is 0 Å². The molecule has 1 aromatic carbocycles. The summed E-state index contributed by atoms with van der Waals surface area (Å²) in [5, 5.41) is 0. The van der Waals surface area contributed by atoms with Crippen molar-refractivity contribution in [1.82, 2.24) is 0 Å². The van der Waals surface area contributed by atoms with Crippen LogP contribution in [0.1, 0.15) is 51.0 Å². The molecule has 0 unspecified atom stereocenters. The first-order valence-corrected chi connectivity index (χ1v) is 7.67. The second kappa shape index (κ2) is 7.88. The summed E-state index contributed by atoms with van der Waals surface area (Å²) >= 11 is 0. The van der Waals surface area contributed by atoms with Crippen LogP contribution in [0.4, 0.5) is 0 Å². The molecule has 1 fully saturated rings. The number of rotatable bonds is 5. The average molecular weight is 272 g/mol. The van der Waals surface area contributed by atoms with Gasteiger partial charge in [-0.3, -0.25) is 0 Å². The van der Waals surface area contributed by atoms with Crippen molar-refractivity contribution in [3.05, 3.63) is 47.5 Å². The summed E-state index contributed by atoms with van der Waals surface area (Å²) in [7, 11) is 0. The molecule has 1 saturated carbocycles. The third-order valence-electron chi connectivity index (χ3n) is 3.87. The summed E-state index contributed by atoms with van der Waals surface area (Å²) in [6.07, 6.45) is 9.71. The minimum absolute atomic E-state index is 0.134. The Hall–Kier alpha value is -1.57. The molecule has 0 heterocycles. The third kappa shape index (κ3) is 4.84. The molecular formula is C18H24O2. The smallest absolute Gasteiger partial charge is 0.333 e. The van der Waals surface area contributed by atoms with Gasteiger partial charge < -0.3 is 4.74 Å². The lowest BCUT2D eigenvalue weighted by Gasteiger charge is -2.21. The molecule has 1 aliphatic carbocycles. The van der Waals surface area contributed by atoms with E-state index in [2.05, 4.69) is 12.1 Å². The molecule has 2 heteroatoms.